The first-order valence-electron chi connectivity index (χ1n) is 9.16. The third-order valence-corrected chi connectivity index (χ3v) is 4.67. The Balaban J connectivity index is 1.86. The molecule has 6 heteroatoms. The second-order valence-electron chi connectivity index (χ2n) is 7.37. The lowest BCUT2D eigenvalue weighted by Gasteiger charge is -2.17. The normalized spacial score (nSPS) is 11.2. The molecule has 1 N–H and O–H groups in total. The van der Waals surface area contributed by atoms with Crippen molar-refractivity contribution in [3.8, 4) is 5.69 Å². The average molecular weight is 363 g/mol. The number of benzene rings is 2. The summed E-state index contributed by atoms with van der Waals surface area (Å²) in [6.07, 6.45) is 1.53. The second-order valence-corrected chi connectivity index (χ2v) is 7.37. The summed E-state index contributed by atoms with van der Waals surface area (Å²) in [6, 6.07) is 11.8. The Kier molecular flexibility index (Phi) is 5.35. The number of nitrogens with one attached hydrogen (secondary N) is 1. The standard InChI is InChI=1S/C21H25N5O/c1-13(2)16-6-8-19(18(11-16)14(3)4)23-21(27)17-7-9-20(15(5)10-17)26-12-22-24-25-26/h6-14H,1-5H3,(H,23,27). The molecule has 0 aliphatic heterocycles. The smallest absolute Gasteiger partial charge is 0.255 e. The van der Waals surface area contributed by atoms with E-state index < -0.39 is 0 Å². The first-order chi connectivity index (χ1) is 12.9. The van der Waals surface area contributed by atoms with E-state index in [1.165, 1.54) is 11.9 Å². The van der Waals surface area contributed by atoms with Gasteiger partial charge in [0.05, 0.1) is 5.69 Å². The molecule has 6 nitrogen and oxygen atoms in total. The van der Waals surface area contributed by atoms with Crippen molar-refractivity contribution in [2.24, 2.45) is 0 Å². The second kappa shape index (κ2) is 7.70. The number of hydrogen-bond acceptors (Lipinski definition) is 4. The summed E-state index contributed by atoms with van der Waals surface area (Å²) in [5, 5.41) is 14.3. The maximum Gasteiger partial charge on any atom is 0.255 e. The van der Waals surface area contributed by atoms with Gasteiger partial charge in [0.1, 0.15) is 6.33 Å². The zero-order valence-corrected chi connectivity index (χ0v) is 16.4. The van der Waals surface area contributed by atoms with Gasteiger partial charge in [-0.1, -0.05) is 39.8 Å². The summed E-state index contributed by atoms with van der Waals surface area (Å²) < 4.78 is 1.58. The van der Waals surface area contributed by atoms with Crippen molar-refractivity contribution in [1.82, 2.24) is 20.2 Å². The van der Waals surface area contributed by atoms with Crippen LogP contribution in [0.5, 0.6) is 0 Å². The number of amides is 1. The van der Waals surface area contributed by atoms with Crippen molar-refractivity contribution in [3.05, 3.63) is 65.0 Å². The van der Waals surface area contributed by atoms with Gasteiger partial charge < -0.3 is 5.32 Å². The molecule has 0 saturated heterocycles. The van der Waals surface area contributed by atoms with E-state index in [0.717, 1.165) is 22.5 Å². The number of hydrogen-bond donors (Lipinski definition) is 1. The molecule has 0 bridgehead atoms. The maximum absolute atomic E-state index is 12.8. The molecule has 1 heterocycles. The molecule has 0 spiro atoms. The highest BCUT2D eigenvalue weighted by Gasteiger charge is 2.14. The molecular formula is C21H25N5O. The molecule has 1 amide bonds. The van der Waals surface area contributed by atoms with Gasteiger partial charge in [-0.05, 0) is 70.1 Å². The van der Waals surface area contributed by atoms with Gasteiger partial charge in [0.15, 0.2) is 0 Å². The Morgan fingerprint density at radius 1 is 1.04 bits per heavy atom. The van der Waals surface area contributed by atoms with Gasteiger partial charge in [0.25, 0.3) is 5.91 Å². The fourth-order valence-electron chi connectivity index (χ4n) is 3.05. The summed E-state index contributed by atoms with van der Waals surface area (Å²) >= 11 is 0. The average Bonchev–Trinajstić information content (AvgIpc) is 3.15. The molecule has 0 unspecified atom stereocenters. The van der Waals surface area contributed by atoms with E-state index in [9.17, 15) is 4.79 Å². The first-order valence-corrected chi connectivity index (χ1v) is 9.16. The van der Waals surface area contributed by atoms with E-state index in [1.54, 1.807) is 10.7 Å². The molecule has 0 aliphatic rings. The minimum absolute atomic E-state index is 0.124. The molecule has 2 aromatic carbocycles. The molecule has 1 aromatic heterocycles. The number of nitrogens with zero attached hydrogens (tertiary/aromatic N) is 4. The summed E-state index contributed by atoms with van der Waals surface area (Å²) in [6.45, 7) is 10.6. The third-order valence-electron chi connectivity index (χ3n) is 4.67. The van der Waals surface area contributed by atoms with Gasteiger partial charge in [-0.15, -0.1) is 5.10 Å². The molecule has 0 saturated carbocycles. The van der Waals surface area contributed by atoms with Crippen LogP contribution < -0.4 is 5.32 Å². The number of tetrazole rings is 1. The van der Waals surface area contributed by atoms with Crippen LogP contribution in [0.3, 0.4) is 0 Å². The van der Waals surface area contributed by atoms with Gasteiger partial charge in [0.2, 0.25) is 0 Å². The van der Waals surface area contributed by atoms with Crippen LogP contribution in [0.4, 0.5) is 5.69 Å². The molecule has 0 aliphatic carbocycles. The lowest BCUT2D eigenvalue weighted by Crippen LogP contribution is -2.14. The van der Waals surface area contributed by atoms with Gasteiger partial charge >= 0.3 is 0 Å². The Morgan fingerprint density at radius 3 is 2.41 bits per heavy atom. The molecular weight excluding hydrogens is 338 g/mol. The van der Waals surface area contributed by atoms with Gasteiger partial charge in [-0.2, -0.15) is 0 Å². The minimum atomic E-state index is -0.124. The lowest BCUT2D eigenvalue weighted by atomic mass is 9.94. The summed E-state index contributed by atoms with van der Waals surface area (Å²) in [5.41, 5.74) is 5.67. The van der Waals surface area contributed by atoms with Crippen molar-refractivity contribution < 1.29 is 4.79 Å². The van der Waals surface area contributed by atoms with Crippen LogP contribution in [-0.2, 0) is 0 Å². The van der Waals surface area contributed by atoms with E-state index in [-0.39, 0.29) is 5.91 Å². The van der Waals surface area contributed by atoms with Crippen molar-refractivity contribution >= 4 is 11.6 Å². The van der Waals surface area contributed by atoms with Crippen LogP contribution in [0.2, 0.25) is 0 Å². The van der Waals surface area contributed by atoms with Crippen LogP contribution in [0, 0.1) is 6.92 Å². The van der Waals surface area contributed by atoms with Crippen LogP contribution in [-0.4, -0.2) is 26.1 Å². The lowest BCUT2D eigenvalue weighted by molar-refractivity contribution is 0.102. The van der Waals surface area contributed by atoms with Crippen LogP contribution in [0.1, 0.15) is 66.6 Å². The quantitative estimate of drug-likeness (QED) is 0.726. The minimum Gasteiger partial charge on any atom is -0.322 e. The largest absolute Gasteiger partial charge is 0.322 e. The van der Waals surface area contributed by atoms with Crippen molar-refractivity contribution in [2.45, 2.75) is 46.5 Å². The summed E-state index contributed by atoms with van der Waals surface area (Å²) in [7, 11) is 0. The van der Waals surface area contributed by atoms with Crippen LogP contribution in [0.15, 0.2) is 42.7 Å². The fourth-order valence-corrected chi connectivity index (χ4v) is 3.05. The van der Waals surface area contributed by atoms with E-state index >= 15 is 0 Å². The molecule has 140 valence electrons. The van der Waals surface area contributed by atoms with Crippen LogP contribution in [0.25, 0.3) is 5.69 Å². The Morgan fingerprint density at radius 2 is 1.81 bits per heavy atom. The van der Waals surface area contributed by atoms with Crippen LogP contribution >= 0.6 is 0 Å². The van der Waals surface area contributed by atoms with Crippen molar-refractivity contribution in [2.75, 3.05) is 5.32 Å². The fraction of sp³-hybridized carbons (Fsp3) is 0.333. The Labute approximate surface area is 159 Å². The van der Waals surface area contributed by atoms with Gasteiger partial charge in [-0.3, -0.25) is 4.79 Å². The van der Waals surface area contributed by atoms with E-state index in [0.29, 0.717) is 17.4 Å². The predicted molar refractivity (Wildman–Crippen MR) is 106 cm³/mol. The number of rotatable bonds is 5. The third kappa shape index (κ3) is 4.05. The monoisotopic (exact) mass is 363 g/mol. The Hall–Kier alpha value is -3.02. The highest BCUT2D eigenvalue weighted by molar-refractivity contribution is 6.05. The van der Waals surface area contributed by atoms with E-state index in [1.807, 2.05) is 25.1 Å². The molecule has 3 aromatic rings. The molecule has 0 fully saturated rings. The van der Waals surface area contributed by atoms with E-state index in [4.69, 9.17) is 0 Å². The number of aromatic nitrogens is 4. The highest BCUT2D eigenvalue weighted by atomic mass is 16.1. The number of carbonyl (C=O) groups is 1. The molecule has 27 heavy (non-hydrogen) atoms. The number of anilines is 1. The SMILES string of the molecule is Cc1cc(C(=O)Nc2ccc(C(C)C)cc2C(C)C)ccc1-n1cnnn1. The number of carbonyl (C=O) groups excluding carboxylic acids is 1. The zero-order valence-electron chi connectivity index (χ0n) is 16.4. The van der Waals surface area contributed by atoms with Gasteiger partial charge in [0, 0.05) is 11.3 Å². The highest BCUT2D eigenvalue weighted by Crippen LogP contribution is 2.29. The zero-order chi connectivity index (χ0) is 19.6. The molecule has 3 rings (SSSR count). The summed E-state index contributed by atoms with van der Waals surface area (Å²) in [5.74, 6) is 0.650. The predicted octanol–water partition coefficient (Wildman–Crippen LogP) is 4.47. The van der Waals surface area contributed by atoms with Crippen molar-refractivity contribution in [1.29, 1.82) is 0 Å². The van der Waals surface area contributed by atoms with Gasteiger partial charge in [-0.25, -0.2) is 4.68 Å². The Bertz CT molecular complexity index is 945. The first kappa shape index (κ1) is 18.8. The van der Waals surface area contributed by atoms with Crippen molar-refractivity contribution in [3.63, 3.8) is 0 Å². The number of aryl methyl sites for hydroxylation is 1. The van der Waals surface area contributed by atoms with E-state index in [2.05, 4.69) is 60.7 Å². The maximum atomic E-state index is 12.8. The topological polar surface area (TPSA) is 72.7 Å². The molecule has 0 radical (unpaired) electrons. The molecule has 0 atom stereocenters. The summed E-state index contributed by atoms with van der Waals surface area (Å²) in [4.78, 5) is 12.8.